The first kappa shape index (κ1) is 23.7. The third-order valence-electron chi connectivity index (χ3n) is 5.93. The van der Waals surface area contributed by atoms with Gasteiger partial charge in [0.1, 0.15) is 11.6 Å². The molecule has 2 heterocycles. The molecule has 1 amide bonds. The van der Waals surface area contributed by atoms with Gasteiger partial charge < -0.3 is 10.5 Å². The molecule has 34 heavy (non-hydrogen) atoms. The van der Waals surface area contributed by atoms with Gasteiger partial charge in [-0.2, -0.15) is 0 Å². The highest BCUT2D eigenvalue weighted by molar-refractivity contribution is 8.01. The Balaban J connectivity index is 1.80. The number of unbranched alkanes of at least 4 members (excludes halogenated alkanes) is 1. The van der Waals surface area contributed by atoms with Gasteiger partial charge >= 0.3 is 5.69 Å². The number of carbonyl (C=O) groups is 1. The van der Waals surface area contributed by atoms with Gasteiger partial charge in [0.05, 0.1) is 18.9 Å². The average Bonchev–Trinajstić information content (AvgIpc) is 3.27. The van der Waals surface area contributed by atoms with E-state index in [1.807, 2.05) is 49.4 Å². The van der Waals surface area contributed by atoms with E-state index in [2.05, 4.69) is 4.98 Å². The Hall–Kier alpha value is -3.46. The molecule has 1 aliphatic rings. The molecule has 1 aliphatic heterocycles. The van der Waals surface area contributed by atoms with Crippen LogP contribution in [0.15, 0.2) is 63.0 Å². The Morgan fingerprint density at radius 3 is 2.68 bits per heavy atom. The minimum Gasteiger partial charge on any atom is -0.496 e. The van der Waals surface area contributed by atoms with E-state index in [-0.39, 0.29) is 24.0 Å². The van der Waals surface area contributed by atoms with Crippen molar-refractivity contribution in [2.75, 3.05) is 17.7 Å². The number of fused-ring (bicyclic) bond motifs is 1. The van der Waals surface area contributed by atoms with Crippen molar-refractivity contribution in [2.45, 2.75) is 49.4 Å². The Bertz CT molecular complexity index is 1290. The summed E-state index contributed by atoms with van der Waals surface area (Å²) in [6.07, 6.45) is 2.11. The average molecular weight is 481 g/mol. The maximum absolute atomic E-state index is 13.9. The predicted molar refractivity (Wildman–Crippen MR) is 135 cm³/mol. The van der Waals surface area contributed by atoms with Crippen LogP contribution >= 0.6 is 11.8 Å². The van der Waals surface area contributed by atoms with Gasteiger partial charge in [0.15, 0.2) is 5.69 Å². The highest BCUT2D eigenvalue weighted by Gasteiger charge is 2.35. The lowest BCUT2D eigenvalue weighted by atomic mass is 10.1. The summed E-state index contributed by atoms with van der Waals surface area (Å²) in [7, 11) is 1.56. The summed E-state index contributed by atoms with van der Waals surface area (Å²) in [6.45, 7) is 2.43. The fraction of sp³-hybridized carbons (Fsp3) is 0.320. The van der Waals surface area contributed by atoms with Gasteiger partial charge in [0, 0.05) is 17.0 Å². The summed E-state index contributed by atoms with van der Waals surface area (Å²) < 4.78 is 6.81. The number of nitrogens with zero attached hydrogens (tertiary/aromatic N) is 2. The van der Waals surface area contributed by atoms with Crippen LogP contribution in [0.1, 0.15) is 30.9 Å². The van der Waals surface area contributed by atoms with Crippen molar-refractivity contribution in [1.29, 1.82) is 0 Å². The van der Waals surface area contributed by atoms with Crippen molar-refractivity contribution in [2.24, 2.45) is 0 Å². The first-order chi connectivity index (χ1) is 16.4. The number of rotatable bonds is 8. The number of para-hydroxylation sites is 1. The molecule has 3 N–H and O–H groups in total. The summed E-state index contributed by atoms with van der Waals surface area (Å²) in [4.78, 5) is 44.2. The monoisotopic (exact) mass is 480 g/mol. The van der Waals surface area contributed by atoms with Gasteiger partial charge in [-0.15, -0.1) is 11.8 Å². The molecule has 3 aromatic rings. The topological polar surface area (TPSA) is 110 Å². The van der Waals surface area contributed by atoms with Gasteiger partial charge in [-0.1, -0.05) is 49.7 Å². The lowest BCUT2D eigenvalue weighted by Gasteiger charge is -2.27. The van der Waals surface area contributed by atoms with E-state index < -0.39 is 16.5 Å². The van der Waals surface area contributed by atoms with Gasteiger partial charge in [0.2, 0.25) is 5.91 Å². The molecule has 0 saturated heterocycles. The third-order valence-corrected chi connectivity index (χ3v) is 7.23. The first-order valence-electron chi connectivity index (χ1n) is 11.2. The fourth-order valence-electron chi connectivity index (χ4n) is 4.14. The van der Waals surface area contributed by atoms with Crippen molar-refractivity contribution in [3.63, 3.8) is 0 Å². The van der Waals surface area contributed by atoms with Crippen LogP contribution in [0.3, 0.4) is 0 Å². The number of thioether (sulfide) groups is 1. The number of nitrogens with one attached hydrogen (secondary N) is 1. The number of benzene rings is 2. The number of carbonyl (C=O) groups excluding carboxylic acids is 1. The second-order valence-electron chi connectivity index (χ2n) is 8.15. The lowest BCUT2D eigenvalue weighted by molar-refractivity contribution is -0.118. The van der Waals surface area contributed by atoms with E-state index in [1.54, 1.807) is 13.2 Å². The molecule has 4 rings (SSSR count). The van der Waals surface area contributed by atoms with Crippen LogP contribution in [0.25, 0.3) is 0 Å². The van der Waals surface area contributed by atoms with E-state index in [4.69, 9.17) is 10.5 Å². The molecule has 1 unspecified atom stereocenters. The van der Waals surface area contributed by atoms with Crippen molar-refractivity contribution < 1.29 is 9.53 Å². The predicted octanol–water partition coefficient (Wildman–Crippen LogP) is 3.18. The SMILES string of the molecule is CCCCn1c(N)c(N(Cc2ccccc2OC)C(=O)C2Cc3ccccc3S2)c(=O)[nH]c1=O. The number of aromatic amines is 1. The maximum Gasteiger partial charge on any atom is 0.330 e. The highest BCUT2D eigenvalue weighted by Crippen LogP contribution is 2.39. The number of hydrogen-bond donors (Lipinski definition) is 2. The van der Waals surface area contributed by atoms with Gasteiger partial charge in [-0.25, -0.2) is 4.79 Å². The van der Waals surface area contributed by atoms with Crippen molar-refractivity contribution in [3.05, 3.63) is 80.5 Å². The molecule has 2 aromatic carbocycles. The Kier molecular flexibility index (Phi) is 7.12. The van der Waals surface area contributed by atoms with Gasteiger partial charge in [-0.05, 0) is 30.5 Å². The van der Waals surface area contributed by atoms with Crippen LogP contribution in [0.2, 0.25) is 0 Å². The highest BCUT2D eigenvalue weighted by atomic mass is 32.2. The Morgan fingerprint density at radius 1 is 1.21 bits per heavy atom. The minimum absolute atomic E-state index is 0.00837. The second kappa shape index (κ2) is 10.2. The third kappa shape index (κ3) is 4.61. The summed E-state index contributed by atoms with van der Waals surface area (Å²) in [6, 6.07) is 15.2. The van der Waals surface area contributed by atoms with Crippen molar-refractivity contribution >= 4 is 29.2 Å². The van der Waals surface area contributed by atoms with Crippen molar-refractivity contribution in [1.82, 2.24) is 9.55 Å². The molecule has 0 aliphatic carbocycles. The summed E-state index contributed by atoms with van der Waals surface area (Å²) in [5.74, 6) is 0.341. The van der Waals surface area contributed by atoms with E-state index in [0.717, 1.165) is 22.4 Å². The molecule has 9 heteroatoms. The first-order valence-corrected chi connectivity index (χ1v) is 12.1. The number of amides is 1. The lowest BCUT2D eigenvalue weighted by Crippen LogP contribution is -2.44. The second-order valence-corrected chi connectivity index (χ2v) is 9.40. The summed E-state index contributed by atoms with van der Waals surface area (Å²) >= 11 is 1.48. The molecule has 178 valence electrons. The minimum atomic E-state index is -0.681. The fourth-order valence-corrected chi connectivity index (χ4v) is 5.40. The molecule has 1 aromatic heterocycles. The molecule has 0 saturated carbocycles. The van der Waals surface area contributed by atoms with Gasteiger partial charge in [-0.3, -0.25) is 24.0 Å². The van der Waals surface area contributed by atoms with E-state index in [9.17, 15) is 14.4 Å². The molecule has 8 nitrogen and oxygen atoms in total. The molecular weight excluding hydrogens is 452 g/mol. The number of aromatic nitrogens is 2. The number of ether oxygens (including phenoxy) is 1. The zero-order valence-electron chi connectivity index (χ0n) is 19.2. The van der Waals surface area contributed by atoms with Crippen LogP contribution in [-0.2, 0) is 24.3 Å². The number of H-pyrrole nitrogens is 1. The van der Waals surface area contributed by atoms with Crippen LogP contribution in [0.4, 0.5) is 11.5 Å². The maximum atomic E-state index is 13.9. The number of nitrogens with two attached hydrogens (primary N) is 1. The van der Waals surface area contributed by atoms with Crippen LogP contribution in [0, 0.1) is 0 Å². The zero-order chi connectivity index (χ0) is 24.2. The van der Waals surface area contributed by atoms with E-state index in [0.29, 0.717) is 25.1 Å². The molecule has 0 spiro atoms. The molecule has 0 fully saturated rings. The molecular formula is C25H28N4O4S. The van der Waals surface area contributed by atoms with E-state index in [1.165, 1.54) is 21.2 Å². The molecule has 1 atom stereocenters. The zero-order valence-corrected chi connectivity index (χ0v) is 20.1. The Labute approximate surface area is 201 Å². The number of hydrogen-bond acceptors (Lipinski definition) is 6. The number of nitrogen functional groups attached to an aromatic ring is 1. The van der Waals surface area contributed by atoms with E-state index >= 15 is 0 Å². The van der Waals surface area contributed by atoms with Crippen LogP contribution < -0.4 is 26.6 Å². The quantitative estimate of drug-likeness (QED) is 0.512. The number of anilines is 2. The van der Waals surface area contributed by atoms with Gasteiger partial charge in [0.25, 0.3) is 5.56 Å². The normalized spacial score (nSPS) is 14.6. The Morgan fingerprint density at radius 2 is 1.94 bits per heavy atom. The smallest absolute Gasteiger partial charge is 0.330 e. The summed E-state index contributed by atoms with van der Waals surface area (Å²) in [5, 5.41) is -0.415. The standard InChI is InChI=1S/C25H28N4O4S/c1-3-4-13-28-22(26)21(23(30)27-25(28)32)29(15-17-10-5-7-11-18(17)33-2)24(31)20-14-16-9-6-8-12-19(16)34-20/h5-12,20H,3-4,13-15,26H2,1-2H3,(H,27,30,32). The summed E-state index contributed by atoms with van der Waals surface area (Å²) in [5.41, 5.74) is 6.93. The molecule has 0 bridgehead atoms. The van der Waals surface area contributed by atoms with Crippen LogP contribution in [0.5, 0.6) is 5.75 Å². The largest absolute Gasteiger partial charge is 0.496 e. The van der Waals surface area contributed by atoms with Crippen LogP contribution in [-0.4, -0.2) is 27.8 Å². The number of methoxy groups -OCH3 is 1. The van der Waals surface area contributed by atoms with Crippen molar-refractivity contribution in [3.8, 4) is 5.75 Å². The molecule has 0 radical (unpaired) electrons.